The summed E-state index contributed by atoms with van der Waals surface area (Å²) in [6, 6.07) is 11.4. The van der Waals surface area contributed by atoms with Gasteiger partial charge in [-0.3, -0.25) is 4.90 Å². The second-order valence-corrected chi connectivity index (χ2v) is 5.53. The Morgan fingerprint density at radius 1 is 1.22 bits per heavy atom. The van der Waals surface area contributed by atoms with E-state index in [1.807, 2.05) is 0 Å². The highest BCUT2D eigenvalue weighted by molar-refractivity contribution is 5.27. The molecule has 0 saturated carbocycles. The van der Waals surface area contributed by atoms with E-state index in [-0.39, 0.29) is 0 Å². The molecule has 0 unspecified atom stereocenters. The molecule has 0 aromatic heterocycles. The maximum atomic E-state index is 8.69. The maximum Gasteiger partial charge on any atom is 0.0865 e. The molecular formula is C16H22N2. The summed E-state index contributed by atoms with van der Waals surface area (Å²) < 4.78 is 0. The molecule has 0 atom stereocenters. The Morgan fingerprint density at radius 2 is 1.83 bits per heavy atom. The Labute approximate surface area is 110 Å². The number of rotatable bonds is 3. The van der Waals surface area contributed by atoms with Crippen molar-refractivity contribution in [1.82, 2.24) is 4.90 Å². The van der Waals surface area contributed by atoms with Crippen molar-refractivity contribution in [2.45, 2.75) is 38.5 Å². The van der Waals surface area contributed by atoms with Crippen LogP contribution in [0.5, 0.6) is 0 Å². The molecule has 2 heteroatoms. The molecule has 0 amide bonds. The van der Waals surface area contributed by atoms with Crippen molar-refractivity contribution < 1.29 is 0 Å². The summed E-state index contributed by atoms with van der Waals surface area (Å²) in [7, 11) is 0. The molecule has 96 valence electrons. The van der Waals surface area contributed by atoms with Crippen LogP contribution in [-0.4, -0.2) is 24.5 Å². The van der Waals surface area contributed by atoms with Gasteiger partial charge in [0.25, 0.3) is 0 Å². The van der Waals surface area contributed by atoms with Gasteiger partial charge in [-0.05, 0) is 48.9 Å². The average molecular weight is 242 g/mol. The minimum Gasteiger partial charge on any atom is -0.291 e. The normalized spacial score (nSPS) is 17.9. The standard InChI is InChI=1S/C16H22N2/c1-13(2)14-3-5-15(6-4-14)16-7-10-18(11-8-16)12-9-17/h3-6,13,16H,7-8,10-12H2,1-2H3. The zero-order valence-electron chi connectivity index (χ0n) is 11.4. The highest BCUT2D eigenvalue weighted by Gasteiger charge is 2.20. The van der Waals surface area contributed by atoms with Crippen LogP contribution in [0.15, 0.2) is 24.3 Å². The molecule has 0 N–H and O–H groups in total. The smallest absolute Gasteiger partial charge is 0.0865 e. The zero-order chi connectivity index (χ0) is 13.0. The maximum absolute atomic E-state index is 8.69. The van der Waals surface area contributed by atoms with Gasteiger partial charge in [0, 0.05) is 0 Å². The van der Waals surface area contributed by atoms with E-state index in [4.69, 9.17) is 5.26 Å². The first-order valence-electron chi connectivity index (χ1n) is 6.90. The summed E-state index contributed by atoms with van der Waals surface area (Å²) in [4.78, 5) is 2.25. The molecule has 2 rings (SSSR count). The summed E-state index contributed by atoms with van der Waals surface area (Å²) >= 11 is 0. The molecule has 1 saturated heterocycles. The Bertz CT molecular complexity index is 406. The average Bonchev–Trinajstić information content (AvgIpc) is 2.40. The van der Waals surface area contributed by atoms with E-state index in [1.54, 1.807) is 0 Å². The van der Waals surface area contributed by atoms with Gasteiger partial charge in [-0.1, -0.05) is 38.1 Å². The first-order valence-corrected chi connectivity index (χ1v) is 6.90. The highest BCUT2D eigenvalue weighted by atomic mass is 15.1. The third kappa shape index (κ3) is 3.11. The van der Waals surface area contributed by atoms with Gasteiger partial charge in [-0.15, -0.1) is 0 Å². The molecule has 18 heavy (non-hydrogen) atoms. The minimum atomic E-state index is 0.582. The second-order valence-electron chi connectivity index (χ2n) is 5.53. The SMILES string of the molecule is CC(C)c1ccc(C2CCN(CC#N)CC2)cc1. The molecule has 0 spiro atoms. The van der Waals surface area contributed by atoms with Gasteiger partial charge in [0.05, 0.1) is 12.6 Å². The Morgan fingerprint density at radius 3 is 2.33 bits per heavy atom. The van der Waals surface area contributed by atoms with E-state index in [1.165, 1.54) is 24.0 Å². The van der Waals surface area contributed by atoms with Gasteiger partial charge in [0.1, 0.15) is 0 Å². The number of likely N-dealkylation sites (tertiary alicyclic amines) is 1. The molecule has 1 aliphatic heterocycles. The van der Waals surface area contributed by atoms with Crippen LogP contribution < -0.4 is 0 Å². The quantitative estimate of drug-likeness (QED) is 0.758. The van der Waals surface area contributed by atoms with Crippen LogP contribution in [-0.2, 0) is 0 Å². The summed E-state index contributed by atoms with van der Waals surface area (Å²) in [6.45, 7) is 7.16. The number of hydrogen-bond acceptors (Lipinski definition) is 2. The van der Waals surface area contributed by atoms with Crippen LogP contribution >= 0.6 is 0 Å². The molecular weight excluding hydrogens is 220 g/mol. The molecule has 1 aromatic rings. The number of nitrogens with zero attached hydrogens (tertiary/aromatic N) is 2. The van der Waals surface area contributed by atoms with Crippen molar-refractivity contribution in [3.05, 3.63) is 35.4 Å². The first kappa shape index (κ1) is 13.1. The van der Waals surface area contributed by atoms with Gasteiger partial charge in [0.2, 0.25) is 0 Å². The van der Waals surface area contributed by atoms with Gasteiger partial charge in [-0.2, -0.15) is 5.26 Å². The Hall–Kier alpha value is -1.33. The van der Waals surface area contributed by atoms with Gasteiger partial charge in [-0.25, -0.2) is 0 Å². The molecule has 0 radical (unpaired) electrons. The summed E-state index contributed by atoms with van der Waals surface area (Å²) in [6.07, 6.45) is 2.37. The van der Waals surface area contributed by atoms with E-state index in [0.717, 1.165) is 13.1 Å². The van der Waals surface area contributed by atoms with Gasteiger partial charge < -0.3 is 0 Å². The van der Waals surface area contributed by atoms with Crippen molar-refractivity contribution in [3.8, 4) is 6.07 Å². The molecule has 1 heterocycles. The predicted octanol–water partition coefficient (Wildman–Crippen LogP) is 3.51. The third-order valence-corrected chi connectivity index (χ3v) is 3.96. The molecule has 2 nitrogen and oxygen atoms in total. The lowest BCUT2D eigenvalue weighted by Crippen LogP contribution is -2.33. The van der Waals surface area contributed by atoms with E-state index >= 15 is 0 Å². The number of nitriles is 1. The Kier molecular flexibility index (Phi) is 4.38. The first-order chi connectivity index (χ1) is 8.70. The van der Waals surface area contributed by atoms with Crippen LogP contribution in [0.3, 0.4) is 0 Å². The van der Waals surface area contributed by atoms with Crippen LogP contribution in [0.4, 0.5) is 0 Å². The fourth-order valence-electron chi connectivity index (χ4n) is 2.68. The van der Waals surface area contributed by atoms with Crippen molar-refractivity contribution in [2.75, 3.05) is 19.6 Å². The predicted molar refractivity (Wildman–Crippen MR) is 74.6 cm³/mol. The van der Waals surface area contributed by atoms with Crippen molar-refractivity contribution in [1.29, 1.82) is 5.26 Å². The summed E-state index contributed by atoms with van der Waals surface area (Å²) in [5, 5.41) is 8.69. The lowest BCUT2D eigenvalue weighted by Gasteiger charge is -2.30. The van der Waals surface area contributed by atoms with E-state index in [0.29, 0.717) is 18.4 Å². The van der Waals surface area contributed by atoms with E-state index in [2.05, 4.69) is 49.1 Å². The van der Waals surface area contributed by atoms with Crippen molar-refractivity contribution in [3.63, 3.8) is 0 Å². The topological polar surface area (TPSA) is 27.0 Å². The van der Waals surface area contributed by atoms with Crippen LogP contribution in [0.1, 0.15) is 49.7 Å². The van der Waals surface area contributed by atoms with E-state index in [9.17, 15) is 0 Å². The number of piperidine rings is 1. The van der Waals surface area contributed by atoms with E-state index < -0.39 is 0 Å². The van der Waals surface area contributed by atoms with Gasteiger partial charge in [0.15, 0.2) is 0 Å². The largest absolute Gasteiger partial charge is 0.291 e. The summed E-state index contributed by atoms with van der Waals surface area (Å²) in [5.74, 6) is 1.29. The van der Waals surface area contributed by atoms with Crippen LogP contribution in [0.2, 0.25) is 0 Å². The second kappa shape index (κ2) is 6.02. The number of benzene rings is 1. The molecule has 1 fully saturated rings. The fourth-order valence-corrected chi connectivity index (χ4v) is 2.68. The molecule has 0 aliphatic carbocycles. The van der Waals surface area contributed by atoms with Crippen molar-refractivity contribution >= 4 is 0 Å². The molecule has 1 aliphatic rings. The molecule has 0 bridgehead atoms. The zero-order valence-corrected chi connectivity index (χ0v) is 11.4. The lowest BCUT2D eigenvalue weighted by atomic mass is 9.88. The fraction of sp³-hybridized carbons (Fsp3) is 0.562. The lowest BCUT2D eigenvalue weighted by molar-refractivity contribution is 0.235. The molecule has 1 aromatic carbocycles. The minimum absolute atomic E-state index is 0.582. The summed E-state index contributed by atoms with van der Waals surface area (Å²) in [5.41, 5.74) is 2.89. The number of hydrogen-bond donors (Lipinski definition) is 0. The monoisotopic (exact) mass is 242 g/mol. The van der Waals surface area contributed by atoms with Crippen LogP contribution in [0, 0.1) is 11.3 Å². The third-order valence-electron chi connectivity index (χ3n) is 3.96. The van der Waals surface area contributed by atoms with Gasteiger partial charge >= 0.3 is 0 Å². The van der Waals surface area contributed by atoms with Crippen molar-refractivity contribution in [2.24, 2.45) is 0 Å². The van der Waals surface area contributed by atoms with Crippen LogP contribution in [0.25, 0.3) is 0 Å². The highest BCUT2D eigenvalue weighted by Crippen LogP contribution is 2.28. The Balaban J connectivity index is 1.95.